The summed E-state index contributed by atoms with van der Waals surface area (Å²) in [5.41, 5.74) is 5.70. The molecule has 36 heavy (non-hydrogen) atoms. The molecule has 1 saturated heterocycles. The Bertz CT molecular complexity index is 1490. The molecule has 0 bridgehead atoms. The van der Waals surface area contributed by atoms with Crippen LogP contribution in [0.15, 0.2) is 59.8 Å². The van der Waals surface area contributed by atoms with Crippen LogP contribution in [0.1, 0.15) is 18.1 Å². The average molecular weight is 496 g/mol. The van der Waals surface area contributed by atoms with E-state index in [1.54, 1.807) is 19.2 Å². The summed E-state index contributed by atoms with van der Waals surface area (Å²) in [5, 5.41) is 3.96. The molecule has 1 aliphatic heterocycles. The molecule has 0 spiro atoms. The molecule has 3 heterocycles. The first-order chi connectivity index (χ1) is 17.1. The van der Waals surface area contributed by atoms with Crippen molar-refractivity contribution in [2.45, 2.75) is 25.9 Å². The summed E-state index contributed by atoms with van der Waals surface area (Å²) >= 11 is 0. The molecule has 0 aliphatic carbocycles. The number of pyridine rings is 1. The van der Waals surface area contributed by atoms with Crippen LogP contribution in [0.2, 0.25) is 0 Å². The molecule has 4 aromatic rings. The van der Waals surface area contributed by atoms with E-state index >= 15 is 0 Å². The molecular weight excluding hydrogens is 473 g/mol. The van der Waals surface area contributed by atoms with Crippen molar-refractivity contribution in [2.75, 3.05) is 18.0 Å². The first-order valence-corrected chi connectivity index (χ1v) is 11.2. The fraction of sp³-hybridized carbons (Fsp3) is 0.240. The molecule has 5 rings (SSSR count). The van der Waals surface area contributed by atoms with Crippen molar-refractivity contribution < 1.29 is 17.9 Å². The molecule has 1 aliphatic rings. The Morgan fingerprint density at radius 1 is 1.06 bits per heavy atom. The second-order valence-corrected chi connectivity index (χ2v) is 9.19. The van der Waals surface area contributed by atoms with Gasteiger partial charge in [-0.05, 0) is 38.1 Å². The van der Waals surface area contributed by atoms with Crippen LogP contribution in [0.3, 0.4) is 0 Å². The summed E-state index contributed by atoms with van der Waals surface area (Å²) < 4.78 is 50.7. The lowest BCUT2D eigenvalue weighted by Gasteiger charge is -2.46. The van der Waals surface area contributed by atoms with Crippen LogP contribution in [-0.4, -0.2) is 38.0 Å². The highest BCUT2D eigenvalue weighted by Crippen LogP contribution is 2.32. The van der Waals surface area contributed by atoms with Gasteiger partial charge in [-0.15, -0.1) is 0 Å². The van der Waals surface area contributed by atoms with Crippen LogP contribution in [0, 0.1) is 24.4 Å². The molecule has 8 nitrogen and oxygen atoms in total. The highest BCUT2D eigenvalue weighted by Gasteiger charge is 2.35. The SMILES string of the molecule is Cc1cnc(N2CC(C)(N)C2)cc1Oc1ccc(-n2ncn(Cc3c(F)cccc3F)c2=O)cc1F. The fourth-order valence-corrected chi connectivity index (χ4v) is 4.06. The molecule has 0 amide bonds. The molecule has 2 N–H and O–H groups in total. The number of aryl methyl sites for hydroxylation is 1. The number of anilines is 1. The molecule has 0 atom stereocenters. The number of nitrogens with zero attached hydrogens (tertiary/aromatic N) is 5. The van der Waals surface area contributed by atoms with E-state index in [1.807, 2.05) is 11.8 Å². The van der Waals surface area contributed by atoms with E-state index in [-0.39, 0.29) is 29.1 Å². The number of hydrogen-bond acceptors (Lipinski definition) is 6. The predicted molar refractivity (Wildman–Crippen MR) is 127 cm³/mol. The van der Waals surface area contributed by atoms with Gasteiger partial charge < -0.3 is 15.4 Å². The summed E-state index contributed by atoms with van der Waals surface area (Å²) in [5.74, 6) is -1.20. The maximum absolute atomic E-state index is 15.0. The Hall–Kier alpha value is -4.12. The van der Waals surface area contributed by atoms with Gasteiger partial charge >= 0.3 is 5.69 Å². The highest BCUT2D eigenvalue weighted by molar-refractivity contribution is 5.51. The lowest BCUT2D eigenvalue weighted by Crippen LogP contribution is -2.65. The normalized spacial score (nSPS) is 14.6. The van der Waals surface area contributed by atoms with Gasteiger partial charge in [0.2, 0.25) is 0 Å². The van der Waals surface area contributed by atoms with Crippen LogP contribution in [0.5, 0.6) is 11.5 Å². The van der Waals surface area contributed by atoms with Gasteiger partial charge in [0.25, 0.3) is 0 Å². The number of benzene rings is 2. The predicted octanol–water partition coefficient (Wildman–Crippen LogP) is 3.53. The topological polar surface area (TPSA) is 91.2 Å². The lowest BCUT2D eigenvalue weighted by molar-refractivity contribution is 0.362. The largest absolute Gasteiger partial charge is 0.454 e. The summed E-state index contributed by atoms with van der Waals surface area (Å²) in [7, 11) is 0. The maximum Gasteiger partial charge on any atom is 0.350 e. The monoisotopic (exact) mass is 496 g/mol. The number of halogens is 3. The van der Waals surface area contributed by atoms with Crippen LogP contribution in [-0.2, 0) is 6.54 Å². The smallest absolute Gasteiger partial charge is 0.350 e. The van der Waals surface area contributed by atoms with Gasteiger partial charge in [-0.3, -0.25) is 4.57 Å². The van der Waals surface area contributed by atoms with Gasteiger partial charge in [-0.25, -0.2) is 22.9 Å². The summed E-state index contributed by atoms with van der Waals surface area (Å²) in [4.78, 5) is 19.2. The van der Waals surface area contributed by atoms with Crippen molar-refractivity contribution in [1.29, 1.82) is 0 Å². The zero-order valence-corrected chi connectivity index (χ0v) is 19.6. The average Bonchev–Trinajstić information content (AvgIpc) is 3.17. The summed E-state index contributed by atoms with van der Waals surface area (Å²) in [6.45, 7) is 4.70. The van der Waals surface area contributed by atoms with Gasteiger partial charge in [0.1, 0.15) is 29.5 Å². The highest BCUT2D eigenvalue weighted by atomic mass is 19.1. The summed E-state index contributed by atoms with van der Waals surface area (Å²) in [6, 6.07) is 9.13. The van der Waals surface area contributed by atoms with Crippen LogP contribution >= 0.6 is 0 Å². The molecule has 2 aromatic carbocycles. The molecule has 0 radical (unpaired) electrons. The van der Waals surface area contributed by atoms with E-state index in [0.717, 1.165) is 33.8 Å². The van der Waals surface area contributed by atoms with E-state index in [4.69, 9.17) is 10.5 Å². The Morgan fingerprint density at radius 3 is 2.44 bits per heavy atom. The molecular formula is C25H23F3N6O2. The number of hydrogen-bond donors (Lipinski definition) is 1. The molecule has 2 aromatic heterocycles. The van der Waals surface area contributed by atoms with Gasteiger partial charge in [0.15, 0.2) is 11.6 Å². The van der Waals surface area contributed by atoms with Gasteiger partial charge in [-0.1, -0.05) is 6.07 Å². The molecule has 0 unspecified atom stereocenters. The first kappa shape index (κ1) is 23.6. The minimum absolute atomic E-state index is 0.0489. The lowest BCUT2D eigenvalue weighted by atomic mass is 9.94. The number of ether oxygens (including phenoxy) is 1. The quantitative estimate of drug-likeness (QED) is 0.439. The summed E-state index contributed by atoms with van der Waals surface area (Å²) in [6.07, 6.45) is 2.79. The zero-order valence-electron chi connectivity index (χ0n) is 19.6. The maximum atomic E-state index is 15.0. The number of rotatable bonds is 6. The van der Waals surface area contributed by atoms with Crippen molar-refractivity contribution >= 4 is 5.82 Å². The van der Waals surface area contributed by atoms with Crippen molar-refractivity contribution in [3.8, 4) is 17.2 Å². The second kappa shape index (κ2) is 8.83. The van der Waals surface area contributed by atoms with Gasteiger partial charge in [0, 0.05) is 48.1 Å². The molecule has 1 fully saturated rings. The Labute approximate surface area is 204 Å². The Kier molecular flexibility index (Phi) is 5.79. The van der Waals surface area contributed by atoms with Crippen molar-refractivity contribution in [3.05, 3.63) is 94.1 Å². The zero-order chi connectivity index (χ0) is 25.6. The molecule has 0 saturated carbocycles. The van der Waals surface area contributed by atoms with Gasteiger partial charge in [-0.2, -0.15) is 9.78 Å². The standard InChI is InChI=1S/C25H23F3N6O2/c1-15-10-30-23(33-12-25(2,29)13-33)9-22(15)36-21-7-6-16(8-20(21)28)34-24(35)32(14-31-34)11-17-18(26)4-3-5-19(17)27/h3-10,14H,11-13,29H2,1-2H3. The first-order valence-electron chi connectivity index (χ1n) is 11.2. The van der Waals surface area contributed by atoms with E-state index in [0.29, 0.717) is 30.2 Å². The molecule has 186 valence electrons. The van der Waals surface area contributed by atoms with Crippen molar-refractivity contribution in [1.82, 2.24) is 19.3 Å². The van der Waals surface area contributed by atoms with E-state index < -0.39 is 23.1 Å². The van der Waals surface area contributed by atoms with Crippen molar-refractivity contribution in [2.24, 2.45) is 5.73 Å². The third-order valence-corrected chi connectivity index (χ3v) is 5.97. The van der Waals surface area contributed by atoms with Gasteiger partial charge in [0.05, 0.1) is 12.2 Å². The van der Waals surface area contributed by atoms with Crippen LogP contribution in [0.4, 0.5) is 19.0 Å². The van der Waals surface area contributed by atoms with Crippen LogP contribution < -0.4 is 21.1 Å². The molecule has 11 heteroatoms. The van der Waals surface area contributed by atoms with E-state index in [2.05, 4.69) is 10.1 Å². The minimum Gasteiger partial charge on any atom is -0.454 e. The van der Waals surface area contributed by atoms with E-state index in [9.17, 15) is 18.0 Å². The minimum atomic E-state index is -0.775. The van der Waals surface area contributed by atoms with Crippen LogP contribution in [0.25, 0.3) is 5.69 Å². The number of nitrogens with two attached hydrogens (primary N) is 1. The Morgan fingerprint density at radius 2 is 1.78 bits per heavy atom. The number of aromatic nitrogens is 4. The third kappa shape index (κ3) is 4.44. The second-order valence-electron chi connectivity index (χ2n) is 9.19. The third-order valence-electron chi connectivity index (χ3n) is 5.97. The van der Waals surface area contributed by atoms with E-state index in [1.165, 1.54) is 18.2 Å². The fourth-order valence-electron chi connectivity index (χ4n) is 4.06. The van der Waals surface area contributed by atoms with Crippen molar-refractivity contribution in [3.63, 3.8) is 0 Å². The Balaban J connectivity index is 1.37.